The first-order valence-corrected chi connectivity index (χ1v) is 5.01. The largest absolute Gasteiger partial charge is 0.491 e. The molecule has 0 fully saturated rings. The Bertz CT molecular complexity index is 354. The normalized spacial score (nSPS) is 11.5. The van der Waals surface area contributed by atoms with Crippen LogP contribution < -0.4 is 10.5 Å². The number of halogens is 4. The van der Waals surface area contributed by atoms with E-state index in [1.165, 1.54) is 12.1 Å². The van der Waals surface area contributed by atoms with Gasteiger partial charge in [0.25, 0.3) is 0 Å². The molecule has 16 heavy (non-hydrogen) atoms. The number of benzene rings is 1. The second kappa shape index (κ2) is 5.30. The molecule has 0 aliphatic carbocycles. The Morgan fingerprint density at radius 3 is 2.56 bits per heavy atom. The van der Waals surface area contributed by atoms with Gasteiger partial charge >= 0.3 is 6.18 Å². The van der Waals surface area contributed by atoms with E-state index < -0.39 is 12.6 Å². The molecule has 0 spiro atoms. The molecule has 6 heteroatoms. The molecule has 0 aromatic heterocycles. The summed E-state index contributed by atoms with van der Waals surface area (Å²) >= 11 is 5.65. The van der Waals surface area contributed by atoms with Crippen LogP contribution in [0.3, 0.4) is 0 Å². The van der Waals surface area contributed by atoms with Crippen molar-refractivity contribution in [3.8, 4) is 5.75 Å². The zero-order chi connectivity index (χ0) is 12.2. The molecule has 1 rings (SSSR count). The number of hydrogen-bond acceptors (Lipinski definition) is 2. The maximum absolute atomic E-state index is 11.8. The minimum atomic E-state index is -4.14. The van der Waals surface area contributed by atoms with Gasteiger partial charge in [-0.2, -0.15) is 13.2 Å². The summed E-state index contributed by atoms with van der Waals surface area (Å²) in [7, 11) is 0. The Hall–Kier alpha value is -1.10. The van der Waals surface area contributed by atoms with Crippen LogP contribution in [0.2, 0.25) is 5.02 Å². The summed E-state index contributed by atoms with van der Waals surface area (Å²) in [5.74, 6) is 0.353. The number of nitrogens with two attached hydrogens (primary N) is 1. The van der Waals surface area contributed by atoms with Crippen LogP contribution >= 0.6 is 11.6 Å². The number of hydrogen-bond donors (Lipinski definition) is 1. The summed E-state index contributed by atoms with van der Waals surface area (Å²) in [5.41, 5.74) is 5.88. The summed E-state index contributed by atoms with van der Waals surface area (Å²) in [6, 6.07) is 4.59. The molecule has 2 nitrogen and oxygen atoms in total. The van der Waals surface area contributed by atoms with E-state index >= 15 is 0 Å². The SMILES string of the molecule is Nc1cc(Cl)ccc1OCCCC(F)(F)F. The van der Waals surface area contributed by atoms with Crippen LogP contribution in [-0.4, -0.2) is 12.8 Å². The molecule has 0 aliphatic rings. The highest BCUT2D eigenvalue weighted by Crippen LogP contribution is 2.26. The maximum Gasteiger partial charge on any atom is 0.389 e. The van der Waals surface area contributed by atoms with E-state index in [0.29, 0.717) is 16.5 Å². The first-order valence-electron chi connectivity index (χ1n) is 4.63. The van der Waals surface area contributed by atoms with Crippen LogP contribution in [0.1, 0.15) is 12.8 Å². The lowest BCUT2D eigenvalue weighted by molar-refractivity contribution is -0.136. The van der Waals surface area contributed by atoms with Gasteiger partial charge in [-0.3, -0.25) is 0 Å². The Morgan fingerprint density at radius 2 is 2.00 bits per heavy atom. The highest BCUT2D eigenvalue weighted by atomic mass is 35.5. The molecule has 0 unspecified atom stereocenters. The summed E-state index contributed by atoms with van der Waals surface area (Å²) in [4.78, 5) is 0. The molecule has 0 amide bonds. The highest BCUT2D eigenvalue weighted by molar-refractivity contribution is 6.30. The van der Waals surface area contributed by atoms with Crippen molar-refractivity contribution in [3.63, 3.8) is 0 Å². The van der Waals surface area contributed by atoms with E-state index in [4.69, 9.17) is 22.1 Å². The van der Waals surface area contributed by atoms with Gasteiger partial charge in [0, 0.05) is 11.4 Å². The lowest BCUT2D eigenvalue weighted by atomic mass is 10.3. The molecule has 0 saturated heterocycles. The fourth-order valence-corrected chi connectivity index (χ4v) is 1.29. The van der Waals surface area contributed by atoms with E-state index in [1.807, 2.05) is 0 Å². The van der Waals surface area contributed by atoms with E-state index in [0.717, 1.165) is 0 Å². The fourth-order valence-electron chi connectivity index (χ4n) is 1.11. The standard InChI is InChI=1S/C10H11ClF3NO/c11-7-2-3-9(8(15)6-7)16-5-1-4-10(12,13)14/h2-3,6H,1,4-5,15H2. The fraction of sp³-hybridized carbons (Fsp3) is 0.400. The van der Waals surface area contributed by atoms with Crippen LogP contribution in [0.25, 0.3) is 0 Å². The molecule has 0 atom stereocenters. The zero-order valence-corrected chi connectivity index (χ0v) is 9.11. The van der Waals surface area contributed by atoms with Crippen LogP contribution in [0, 0.1) is 0 Å². The van der Waals surface area contributed by atoms with Crippen molar-refractivity contribution < 1.29 is 17.9 Å². The third-order valence-electron chi connectivity index (χ3n) is 1.83. The summed E-state index contributed by atoms with van der Waals surface area (Å²) in [5, 5.41) is 0.458. The van der Waals surface area contributed by atoms with Gasteiger partial charge in [0.05, 0.1) is 12.3 Å². The van der Waals surface area contributed by atoms with Crippen molar-refractivity contribution in [1.82, 2.24) is 0 Å². The molecule has 2 N–H and O–H groups in total. The van der Waals surface area contributed by atoms with Crippen molar-refractivity contribution >= 4 is 17.3 Å². The van der Waals surface area contributed by atoms with Gasteiger partial charge in [-0.1, -0.05) is 11.6 Å². The molecular weight excluding hydrogens is 243 g/mol. The smallest absolute Gasteiger partial charge is 0.389 e. The Labute approximate surface area is 96.1 Å². The minimum Gasteiger partial charge on any atom is -0.491 e. The minimum absolute atomic E-state index is 0.0225. The van der Waals surface area contributed by atoms with Crippen molar-refractivity contribution in [2.75, 3.05) is 12.3 Å². The van der Waals surface area contributed by atoms with Crippen LogP contribution in [0.5, 0.6) is 5.75 Å². The molecule has 1 aromatic rings. The quantitative estimate of drug-likeness (QED) is 0.657. The third-order valence-corrected chi connectivity index (χ3v) is 2.07. The molecule has 0 aliphatic heterocycles. The number of ether oxygens (including phenoxy) is 1. The number of anilines is 1. The monoisotopic (exact) mass is 253 g/mol. The number of alkyl halides is 3. The topological polar surface area (TPSA) is 35.2 Å². The lowest BCUT2D eigenvalue weighted by Gasteiger charge is -2.10. The number of rotatable bonds is 4. The molecule has 0 radical (unpaired) electrons. The van der Waals surface area contributed by atoms with E-state index in [-0.39, 0.29) is 13.0 Å². The predicted molar refractivity (Wildman–Crippen MR) is 56.6 cm³/mol. The maximum atomic E-state index is 11.8. The van der Waals surface area contributed by atoms with Gasteiger partial charge in [0.1, 0.15) is 5.75 Å². The van der Waals surface area contributed by atoms with Crippen LogP contribution in [-0.2, 0) is 0 Å². The van der Waals surface area contributed by atoms with Gasteiger partial charge in [-0.15, -0.1) is 0 Å². The average molecular weight is 254 g/mol. The van der Waals surface area contributed by atoms with E-state index in [1.54, 1.807) is 6.07 Å². The molecule has 0 bridgehead atoms. The predicted octanol–water partition coefficient (Wildman–Crippen LogP) is 3.64. The van der Waals surface area contributed by atoms with Gasteiger partial charge in [0.15, 0.2) is 0 Å². The second-order valence-electron chi connectivity index (χ2n) is 3.25. The summed E-state index contributed by atoms with van der Waals surface area (Å²) in [6.45, 7) is -0.0225. The number of nitrogen functional groups attached to an aromatic ring is 1. The van der Waals surface area contributed by atoms with Gasteiger partial charge in [-0.25, -0.2) is 0 Å². The molecule has 0 heterocycles. The Kier molecular flexibility index (Phi) is 4.29. The summed E-state index contributed by atoms with van der Waals surface area (Å²) in [6.07, 6.45) is -5.10. The van der Waals surface area contributed by atoms with Crippen molar-refractivity contribution in [2.24, 2.45) is 0 Å². The highest BCUT2D eigenvalue weighted by Gasteiger charge is 2.26. The molecular formula is C10H11ClF3NO. The average Bonchev–Trinajstić information content (AvgIpc) is 2.13. The first kappa shape index (κ1) is 13.0. The van der Waals surface area contributed by atoms with Crippen molar-refractivity contribution in [3.05, 3.63) is 23.2 Å². The molecule has 1 aromatic carbocycles. The van der Waals surface area contributed by atoms with Crippen molar-refractivity contribution in [1.29, 1.82) is 0 Å². The van der Waals surface area contributed by atoms with Gasteiger partial charge in [0.2, 0.25) is 0 Å². The van der Waals surface area contributed by atoms with Crippen molar-refractivity contribution in [2.45, 2.75) is 19.0 Å². The van der Waals surface area contributed by atoms with Crippen LogP contribution in [0.4, 0.5) is 18.9 Å². The Balaban J connectivity index is 2.38. The lowest BCUT2D eigenvalue weighted by Crippen LogP contribution is -2.10. The molecule has 0 saturated carbocycles. The molecule has 90 valence electrons. The Morgan fingerprint density at radius 1 is 1.31 bits per heavy atom. The third kappa shape index (κ3) is 4.61. The van der Waals surface area contributed by atoms with Gasteiger partial charge < -0.3 is 10.5 Å². The van der Waals surface area contributed by atoms with E-state index in [9.17, 15) is 13.2 Å². The second-order valence-corrected chi connectivity index (χ2v) is 3.69. The van der Waals surface area contributed by atoms with Gasteiger partial charge in [-0.05, 0) is 24.6 Å². The zero-order valence-electron chi connectivity index (χ0n) is 8.35. The summed E-state index contributed by atoms with van der Waals surface area (Å²) < 4.78 is 40.6. The van der Waals surface area contributed by atoms with E-state index in [2.05, 4.69) is 0 Å². The van der Waals surface area contributed by atoms with Crippen LogP contribution in [0.15, 0.2) is 18.2 Å². The first-order chi connectivity index (χ1) is 7.38.